The van der Waals surface area contributed by atoms with E-state index < -0.39 is 0 Å². The lowest BCUT2D eigenvalue weighted by atomic mass is 10.1. The summed E-state index contributed by atoms with van der Waals surface area (Å²) in [6.07, 6.45) is 1.62. The van der Waals surface area contributed by atoms with Crippen molar-refractivity contribution >= 4 is 27.5 Å². The predicted molar refractivity (Wildman–Crippen MR) is 87.7 cm³/mol. The number of halogens is 1. The van der Waals surface area contributed by atoms with Gasteiger partial charge in [0.05, 0.1) is 0 Å². The first-order chi connectivity index (χ1) is 10.0. The first kappa shape index (κ1) is 15.3. The summed E-state index contributed by atoms with van der Waals surface area (Å²) >= 11 is 3.49. The minimum atomic E-state index is 0.0108. The van der Waals surface area contributed by atoms with Crippen LogP contribution in [0.4, 0.5) is 5.69 Å². The van der Waals surface area contributed by atoms with Crippen molar-refractivity contribution in [1.82, 2.24) is 4.98 Å². The van der Waals surface area contributed by atoms with Crippen molar-refractivity contribution in [1.29, 1.82) is 0 Å². The van der Waals surface area contributed by atoms with Gasteiger partial charge in [0.15, 0.2) is 5.84 Å². The quantitative estimate of drug-likeness (QED) is 0.343. The number of aromatic nitrogens is 1. The van der Waals surface area contributed by atoms with Crippen LogP contribution < -0.4 is 11.1 Å². The fourth-order valence-corrected chi connectivity index (χ4v) is 2.92. The molecule has 1 heterocycles. The molecular formula is C15H17BrN4O. The lowest BCUT2D eigenvalue weighted by Crippen LogP contribution is -2.18. The normalized spacial score (nSPS) is 11.5. The first-order valence-corrected chi connectivity index (χ1v) is 7.24. The Hall–Kier alpha value is -2.08. The fraction of sp³-hybridized carbons (Fsp3) is 0.200. The van der Waals surface area contributed by atoms with Crippen molar-refractivity contribution in [2.45, 2.75) is 20.4 Å². The van der Waals surface area contributed by atoms with Crippen molar-refractivity contribution in [2.24, 2.45) is 10.9 Å². The van der Waals surface area contributed by atoms with Gasteiger partial charge in [0.1, 0.15) is 5.69 Å². The Kier molecular flexibility index (Phi) is 4.80. The number of nitrogens with two attached hydrogens (primary N) is 1. The fourth-order valence-electron chi connectivity index (χ4n) is 2.23. The number of benzene rings is 1. The van der Waals surface area contributed by atoms with Crippen LogP contribution in [-0.2, 0) is 6.54 Å². The van der Waals surface area contributed by atoms with Crippen molar-refractivity contribution in [3.05, 3.63) is 57.3 Å². The predicted octanol–water partition coefficient (Wildman–Crippen LogP) is 3.17. The van der Waals surface area contributed by atoms with Gasteiger partial charge in [0, 0.05) is 28.5 Å². The number of amidine groups is 1. The van der Waals surface area contributed by atoms with Gasteiger partial charge in [-0.05, 0) is 43.2 Å². The Balaban J connectivity index is 2.26. The third-order valence-corrected chi connectivity index (χ3v) is 3.65. The number of nitrogens with one attached hydrogen (secondary N) is 1. The number of nitrogens with zero attached hydrogens (tertiary/aromatic N) is 2. The highest BCUT2D eigenvalue weighted by Gasteiger charge is 2.09. The standard InChI is InChI=1S/C15H17BrN4O/c1-9-6-12(16)7-10(2)13(9)19-8-11-4-3-5-18-14(11)15(17)20-21/h3-7,19,21H,8H2,1-2H3,(H2,17,20). The second-order valence-electron chi connectivity index (χ2n) is 4.76. The summed E-state index contributed by atoms with van der Waals surface area (Å²) in [6.45, 7) is 4.64. The van der Waals surface area contributed by atoms with Crippen molar-refractivity contribution < 1.29 is 5.21 Å². The van der Waals surface area contributed by atoms with E-state index in [-0.39, 0.29) is 5.84 Å². The molecule has 21 heavy (non-hydrogen) atoms. The Labute approximate surface area is 132 Å². The topological polar surface area (TPSA) is 83.5 Å². The number of aryl methyl sites for hydroxylation is 2. The number of pyridine rings is 1. The van der Waals surface area contributed by atoms with Gasteiger partial charge in [0.25, 0.3) is 0 Å². The maximum Gasteiger partial charge on any atom is 0.189 e. The lowest BCUT2D eigenvalue weighted by molar-refractivity contribution is 0.318. The van der Waals surface area contributed by atoms with E-state index in [1.54, 1.807) is 6.20 Å². The smallest absolute Gasteiger partial charge is 0.189 e. The maximum absolute atomic E-state index is 8.81. The molecule has 4 N–H and O–H groups in total. The second-order valence-corrected chi connectivity index (χ2v) is 5.68. The van der Waals surface area contributed by atoms with E-state index in [1.807, 2.05) is 26.0 Å². The number of oxime groups is 1. The summed E-state index contributed by atoms with van der Waals surface area (Å²) in [5, 5.41) is 15.2. The Morgan fingerprint density at radius 2 is 2.05 bits per heavy atom. The molecule has 2 aromatic rings. The number of anilines is 1. The zero-order chi connectivity index (χ0) is 15.4. The summed E-state index contributed by atoms with van der Waals surface area (Å²) in [5.74, 6) is 0.0108. The van der Waals surface area contributed by atoms with E-state index >= 15 is 0 Å². The number of rotatable bonds is 4. The molecule has 5 nitrogen and oxygen atoms in total. The first-order valence-electron chi connectivity index (χ1n) is 6.45. The van der Waals surface area contributed by atoms with Crippen LogP contribution in [0.5, 0.6) is 0 Å². The molecule has 110 valence electrons. The average molecular weight is 349 g/mol. The molecule has 0 fully saturated rings. The van der Waals surface area contributed by atoms with Gasteiger partial charge in [-0.15, -0.1) is 0 Å². The van der Waals surface area contributed by atoms with E-state index in [1.165, 1.54) is 0 Å². The third kappa shape index (κ3) is 3.52. The van der Waals surface area contributed by atoms with E-state index in [9.17, 15) is 0 Å². The molecule has 6 heteroatoms. The van der Waals surface area contributed by atoms with Crippen molar-refractivity contribution in [3.8, 4) is 0 Å². The van der Waals surface area contributed by atoms with E-state index in [2.05, 4.69) is 43.5 Å². The molecule has 0 saturated heterocycles. The van der Waals surface area contributed by atoms with Crippen molar-refractivity contribution in [2.75, 3.05) is 5.32 Å². The molecule has 0 saturated carbocycles. The molecule has 0 bridgehead atoms. The Morgan fingerprint density at radius 3 is 2.67 bits per heavy atom. The van der Waals surface area contributed by atoms with Gasteiger partial charge >= 0.3 is 0 Å². The van der Waals surface area contributed by atoms with Crippen molar-refractivity contribution in [3.63, 3.8) is 0 Å². The molecule has 1 aromatic carbocycles. The molecule has 1 aromatic heterocycles. The Bertz CT molecular complexity index is 662. The second kappa shape index (κ2) is 6.58. The molecule has 0 aliphatic carbocycles. The minimum absolute atomic E-state index is 0.0108. The number of hydrogen-bond acceptors (Lipinski definition) is 4. The van der Waals surface area contributed by atoms with E-state index in [4.69, 9.17) is 10.9 Å². The molecule has 0 aliphatic heterocycles. The van der Waals surface area contributed by atoms with Crippen LogP contribution in [0.1, 0.15) is 22.4 Å². The summed E-state index contributed by atoms with van der Waals surface area (Å²) in [5.41, 5.74) is 10.4. The van der Waals surface area contributed by atoms with E-state index in [0.717, 1.165) is 26.9 Å². The Morgan fingerprint density at radius 1 is 1.38 bits per heavy atom. The van der Waals surface area contributed by atoms with Gasteiger partial charge in [-0.25, -0.2) is 0 Å². The molecule has 0 unspecified atom stereocenters. The maximum atomic E-state index is 8.81. The van der Waals surface area contributed by atoms with Gasteiger partial charge in [0.2, 0.25) is 0 Å². The lowest BCUT2D eigenvalue weighted by Gasteiger charge is -2.14. The molecule has 2 rings (SSSR count). The zero-order valence-electron chi connectivity index (χ0n) is 11.9. The van der Waals surface area contributed by atoms with Crippen LogP contribution in [-0.4, -0.2) is 16.0 Å². The summed E-state index contributed by atoms with van der Waals surface area (Å²) in [4.78, 5) is 4.16. The van der Waals surface area contributed by atoms with Crippen LogP contribution in [0.3, 0.4) is 0 Å². The van der Waals surface area contributed by atoms with Crippen LogP contribution in [0.25, 0.3) is 0 Å². The summed E-state index contributed by atoms with van der Waals surface area (Å²) < 4.78 is 1.06. The molecule has 0 spiro atoms. The van der Waals surface area contributed by atoms with E-state index in [0.29, 0.717) is 12.2 Å². The van der Waals surface area contributed by atoms with Crippen LogP contribution in [0.15, 0.2) is 40.1 Å². The largest absolute Gasteiger partial charge is 0.409 e. The summed E-state index contributed by atoms with van der Waals surface area (Å²) in [7, 11) is 0. The zero-order valence-corrected chi connectivity index (χ0v) is 13.5. The molecular weight excluding hydrogens is 332 g/mol. The van der Waals surface area contributed by atoms with Gasteiger partial charge < -0.3 is 16.3 Å². The highest BCUT2D eigenvalue weighted by Crippen LogP contribution is 2.25. The molecule has 0 atom stereocenters. The highest BCUT2D eigenvalue weighted by molar-refractivity contribution is 9.10. The monoisotopic (exact) mass is 348 g/mol. The van der Waals surface area contributed by atoms with Gasteiger partial charge in [-0.2, -0.15) is 0 Å². The van der Waals surface area contributed by atoms with Crippen LogP contribution >= 0.6 is 15.9 Å². The average Bonchev–Trinajstić information content (AvgIpc) is 2.45. The third-order valence-electron chi connectivity index (χ3n) is 3.19. The van der Waals surface area contributed by atoms with Crippen LogP contribution in [0, 0.1) is 13.8 Å². The molecule has 0 radical (unpaired) electrons. The highest BCUT2D eigenvalue weighted by atomic mass is 79.9. The van der Waals surface area contributed by atoms with Gasteiger partial charge in [-0.3, -0.25) is 4.98 Å². The molecule has 0 amide bonds. The minimum Gasteiger partial charge on any atom is -0.409 e. The molecule has 0 aliphatic rings. The number of hydrogen-bond donors (Lipinski definition) is 3. The SMILES string of the molecule is Cc1cc(Br)cc(C)c1NCc1cccnc1C(N)=NO. The summed E-state index contributed by atoms with van der Waals surface area (Å²) in [6, 6.07) is 7.84. The van der Waals surface area contributed by atoms with Crippen LogP contribution in [0.2, 0.25) is 0 Å². The van der Waals surface area contributed by atoms with Gasteiger partial charge in [-0.1, -0.05) is 27.2 Å².